The summed E-state index contributed by atoms with van der Waals surface area (Å²) in [4.78, 5) is 9.56. The summed E-state index contributed by atoms with van der Waals surface area (Å²) in [6.45, 7) is 0. The zero-order chi connectivity index (χ0) is 20.6. The van der Waals surface area contributed by atoms with Crippen molar-refractivity contribution in [3.8, 4) is 22.9 Å². The number of benzene rings is 2. The van der Waals surface area contributed by atoms with Gasteiger partial charge in [0, 0.05) is 52.5 Å². The normalized spacial score (nSPS) is 14.5. The third-order valence-electron chi connectivity index (χ3n) is 5.65. The van der Waals surface area contributed by atoms with Crippen molar-refractivity contribution in [3.05, 3.63) is 101 Å². The molecule has 3 nitrogen and oxygen atoms in total. The monoisotopic (exact) mass is 646 g/mol. The summed E-state index contributed by atoms with van der Waals surface area (Å²) in [5.74, 6) is 1.65. The van der Waals surface area contributed by atoms with Crippen LogP contribution in [-0.4, -0.2) is 9.97 Å². The van der Waals surface area contributed by atoms with Gasteiger partial charge in [-0.15, -0.1) is 0 Å². The molecule has 0 amide bonds. The zero-order valence-electron chi connectivity index (χ0n) is 15.1. The van der Waals surface area contributed by atoms with Gasteiger partial charge in [0.15, 0.2) is 0 Å². The molecule has 1 aliphatic heterocycles. The summed E-state index contributed by atoms with van der Waals surface area (Å²) in [5, 5.41) is 0. The number of aromatic nitrogens is 2. The fraction of sp³-hybridized carbons (Fsp3) is 0.0435. The molecule has 0 radical (unpaired) electrons. The Morgan fingerprint density at radius 3 is 1.47 bits per heavy atom. The van der Waals surface area contributed by atoms with Crippen molar-refractivity contribution < 1.29 is 4.74 Å². The molecular weight excluding hydrogens is 640 g/mol. The van der Waals surface area contributed by atoms with E-state index in [1.54, 1.807) is 0 Å². The van der Waals surface area contributed by atoms with E-state index < -0.39 is 5.41 Å². The van der Waals surface area contributed by atoms with E-state index in [0.29, 0.717) is 0 Å². The minimum absolute atomic E-state index is 0.602. The van der Waals surface area contributed by atoms with E-state index in [0.717, 1.165) is 63.0 Å². The Hall–Kier alpha value is -1.54. The summed E-state index contributed by atoms with van der Waals surface area (Å²) in [6.07, 6.45) is 3.66. The average Bonchev–Trinajstić information content (AvgIpc) is 2.99. The first-order chi connectivity index (χ1) is 14.5. The minimum atomic E-state index is -0.602. The maximum absolute atomic E-state index is 6.36. The molecule has 0 fully saturated rings. The van der Waals surface area contributed by atoms with E-state index in [2.05, 4.69) is 88.0 Å². The van der Waals surface area contributed by atoms with Crippen molar-refractivity contribution in [2.24, 2.45) is 0 Å². The molecule has 0 saturated heterocycles. The van der Waals surface area contributed by atoms with Crippen molar-refractivity contribution in [2.45, 2.75) is 5.41 Å². The molecule has 2 aromatic carbocycles. The van der Waals surface area contributed by atoms with Gasteiger partial charge in [0.1, 0.15) is 11.5 Å². The third-order valence-corrected chi connectivity index (χ3v) is 7.51. The topological polar surface area (TPSA) is 35.0 Å². The summed E-state index contributed by atoms with van der Waals surface area (Å²) in [7, 11) is 0. The van der Waals surface area contributed by atoms with Gasteiger partial charge < -0.3 is 4.74 Å². The number of pyridine rings is 2. The van der Waals surface area contributed by atoms with E-state index >= 15 is 0 Å². The second-order valence-electron chi connectivity index (χ2n) is 7.23. The molecule has 0 unspecified atom stereocenters. The van der Waals surface area contributed by atoms with Crippen LogP contribution < -0.4 is 4.74 Å². The van der Waals surface area contributed by atoms with Gasteiger partial charge in [0.2, 0.25) is 0 Å². The molecule has 0 N–H and O–H groups in total. The van der Waals surface area contributed by atoms with Crippen LogP contribution in [0, 0.1) is 0 Å². The van der Waals surface area contributed by atoms with E-state index in [1.165, 1.54) is 0 Å². The van der Waals surface area contributed by atoms with E-state index in [4.69, 9.17) is 14.7 Å². The van der Waals surface area contributed by atoms with Crippen molar-refractivity contribution >= 4 is 63.7 Å². The number of fused-ring (bicyclic) bond motifs is 9. The first-order valence-corrected chi connectivity index (χ1v) is 12.3. The first kappa shape index (κ1) is 19.2. The Balaban J connectivity index is 1.87. The quantitative estimate of drug-likeness (QED) is 0.167. The number of ether oxygens (including phenoxy) is 1. The molecule has 4 aromatic rings. The highest BCUT2D eigenvalue weighted by Gasteiger charge is 2.52. The molecule has 2 aromatic heterocycles. The van der Waals surface area contributed by atoms with Crippen molar-refractivity contribution in [2.75, 3.05) is 0 Å². The van der Waals surface area contributed by atoms with Crippen LogP contribution in [0.25, 0.3) is 11.4 Å². The number of rotatable bonds is 0. The van der Waals surface area contributed by atoms with Crippen LogP contribution in [0.4, 0.5) is 0 Å². The van der Waals surface area contributed by atoms with Gasteiger partial charge in [-0.05, 0) is 80.4 Å². The number of nitrogens with zero attached hydrogens (tertiary/aromatic N) is 2. The molecule has 1 aliphatic carbocycles. The van der Waals surface area contributed by atoms with Gasteiger partial charge in [-0.25, -0.2) is 0 Å². The van der Waals surface area contributed by atoms with Gasteiger partial charge in [0.25, 0.3) is 0 Å². The lowest BCUT2D eigenvalue weighted by Crippen LogP contribution is -2.32. The third kappa shape index (κ3) is 2.52. The number of hydrogen-bond donors (Lipinski definition) is 0. The molecule has 6 rings (SSSR count). The minimum Gasteiger partial charge on any atom is -0.457 e. The summed E-state index contributed by atoms with van der Waals surface area (Å²) >= 11 is 14.6. The number of hydrogen-bond acceptors (Lipinski definition) is 3. The highest BCUT2D eigenvalue weighted by Crippen LogP contribution is 2.62. The predicted octanol–water partition coefficient (Wildman–Crippen LogP) is 8.00. The lowest BCUT2D eigenvalue weighted by molar-refractivity contribution is 0.435. The van der Waals surface area contributed by atoms with Crippen molar-refractivity contribution in [3.63, 3.8) is 0 Å². The van der Waals surface area contributed by atoms with Crippen molar-refractivity contribution in [1.29, 1.82) is 0 Å². The number of halogens is 4. The highest BCUT2D eigenvalue weighted by molar-refractivity contribution is 9.11. The Labute approximate surface area is 206 Å². The summed E-state index contributed by atoms with van der Waals surface area (Å²) < 4.78 is 10.2. The largest absolute Gasteiger partial charge is 0.457 e. The fourth-order valence-corrected chi connectivity index (χ4v) is 5.97. The molecule has 0 atom stereocenters. The van der Waals surface area contributed by atoms with E-state index in [9.17, 15) is 0 Å². The predicted molar refractivity (Wildman–Crippen MR) is 130 cm³/mol. The molecule has 30 heavy (non-hydrogen) atoms. The average molecular weight is 650 g/mol. The molecule has 0 bridgehead atoms. The van der Waals surface area contributed by atoms with Gasteiger partial charge in [-0.2, -0.15) is 0 Å². The highest BCUT2D eigenvalue weighted by atomic mass is 79.9. The van der Waals surface area contributed by atoms with E-state index in [1.807, 2.05) is 36.7 Å². The summed E-state index contributed by atoms with van der Waals surface area (Å²) in [5.41, 5.74) is 5.46. The maximum atomic E-state index is 6.36. The molecule has 7 heteroatoms. The lowest BCUT2D eigenvalue weighted by Gasteiger charge is -2.39. The van der Waals surface area contributed by atoms with Gasteiger partial charge in [-0.1, -0.05) is 31.9 Å². The molecule has 2 aliphatic rings. The van der Waals surface area contributed by atoms with Crippen LogP contribution in [-0.2, 0) is 5.41 Å². The SMILES string of the molecule is Brc1ccc2c(c1)C1(c3cc(Br)ccc3O2)c2cc(Br)cnc2-c2ncc(Br)cc21. The summed E-state index contributed by atoms with van der Waals surface area (Å²) in [6, 6.07) is 16.6. The fourth-order valence-electron chi connectivity index (χ4n) is 4.59. The lowest BCUT2D eigenvalue weighted by atomic mass is 9.66. The van der Waals surface area contributed by atoms with E-state index in [-0.39, 0.29) is 0 Å². The van der Waals surface area contributed by atoms with Crippen LogP contribution in [0.1, 0.15) is 22.3 Å². The van der Waals surface area contributed by atoms with Crippen LogP contribution >= 0.6 is 63.7 Å². The zero-order valence-corrected chi connectivity index (χ0v) is 21.4. The molecular formula is C23H10Br4N2O. The Morgan fingerprint density at radius 1 is 0.567 bits per heavy atom. The van der Waals surface area contributed by atoms with Crippen LogP contribution in [0.3, 0.4) is 0 Å². The van der Waals surface area contributed by atoms with Crippen LogP contribution in [0.2, 0.25) is 0 Å². The molecule has 3 heterocycles. The second-order valence-corrected chi connectivity index (χ2v) is 10.9. The first-order valence-electron chi connectivity index (χ1n) is 9.09. The molecule has 1 spiro atoms. The smallest absolute Gasteiger partial charge is 0.132 e. The van der Waals surface area contributed by atoms with Gasteiger partial charge in [0.05, 0.1) is 16.8 Å². The van der Waals surface area contributed by atoms with Crippen LogP contribution in [0.15, 0.2) is 78.8 Å². The van der Waals surface area contributed by atoms with Crippen molar-refractivity contribution in [1.82, 2.24) is 9.97 Å². The second kappa shape index (κ2) is 6.73. The van der Waals surface area contributed by atoms with Gasteiger partial charge >= 0.3 is 0 Å². The van der Waals surface area contributed by atoms with Crippen LogP contribution in [0.5, 0.6) is 11.5 Å². The maximum Gasteiger partial charge on any atom is 0.132 e. The molecule has 146 valence electrons. The Kier molecular flexibility index (Phi) is 4.30. The molecule has 0 saturated carbocycles. The standard InChI is InChI=1S/C23H10Br4N2O/c24-11-1-3-19-15(5-11)23(16-6-12(25)2-4-20(16)30-19)17-7-13(26)9-28-21(17)22-18(23)8-14(27)10-29-22/h1-10H. The Bertz CT molecular complexity index is 1280. The Morgan fingerprint density at radius 2 is 1.00 bits per heavy atom. The van der Waals surface area contributed by atoms with Gasteiger partial charge in [-0.3, -0.25) is 9.97 Å².